The third-order valence-electron chi connectivity index (χ3n) is 2.61. The zero-order chi connectivity index (χ0) is 13.5. The molecule has 1 aromatic carbocycles. The maximum absolute atomic E-state index is 10.9. The van der Waals surface area contributed by atoms with E-state index in [0.29, 0.717) is 13.0 Å². The van der Waals surface area contributed by atoms with Crippen molar-refractivity contribution in [2.45, 2.75) is 25.9 Å². The highest BCUT2D eigenvalue weighted by atomic mass is 79.9. The van der Waals surface area contributed by atoms with Gasteiger partial charge in [-0.05, 0) is 37.1 Å². The molecule has 5 heteroatoms. The number of anilines is 1. The first-order valence-electron chi connectivity index (χ1n) is 5.78. The molecule has 0 saturated heterocycles. The van der Waals surface area contributed by atoms with Crippen molar-refractivity contribution in [2.24, 2.45) is 0 Å². The van der Waals surface area contributed by atoms with Gasteiger partial charge in [0.2, 0.25) is 0 Å². The summed E-state index contributed by atoms with van der Waals surface area (Å²) >= 11 is 3.43. The highest BCUT2D eigenvalue weighted by molar-refractivity contribution is 9.10. The van der Waals surface area contributed by atoms with E-state index in [-0.39, 0.29) is 12.4 Å². The fourth-order valence-electron chi connectivity index (χ4n) is 1.48. The average molecular weight is 316 g/mol. The van der Waals surface area contributed by atoms with E-state index in [2.05, 4.69) is 26.0 Å². The maximum Gasteiger partial charge on any atom is 0.305 e. The first kappa shape index (κ1) is 15.0. The van der Waals surface area contributed by atoms with Crippen molar-refractivity contribution in [3.8, 4) is 0 Å². The summed E-state index contributed by atoms with van der Waals surface area (Å²) in [5.41, 5.74) is 2.08. The number of esters is 1. The van der Waals surface area contributed by atoms with Crippen LogP contribution in [0, 0.1) is 6.92 Å². The minimum absolute atomic E-state index is 0.235. The molecule has 18 heavy (non-hydrogen) atoms. The smallest absolute Gasteiger partial charge is 0.305 e. The Balaban J connectivity index is 2.35. The molecule has 1 aromatic rings. The van der Waals surface area contributed by atoms with E-state index in [4.69, 9.17) is 0 Å². The molecule has 0 saturated carbocycles. The summed E-state index contributed by atoms with van der Waals surface area (Å²) in [4.78, 5) is 10.9. The monoisotopic (exact) mass is 315 g/mol. The van der Waals surface area contributed by atoms with Crippen LogP contribution in [0.15, 0.2) is 22.7 Å². The number of aryl methyl sites for hydroxylation is 1. The quantitative estimate of drug-likeness (QED) is 0.792. The van der Waals surface area contributed by atoms with Crippen molar-refractivity contribution in [1.29, 1.82) is 0 Å². The predicted octanol–water partition coefficient (Wildman–Crippen LogP) is 2.48. The van der Waals surface area contributed by atoms with Crippen LogP contribution in [-0.4, -0.2) is 30.8 Å². The number of methoxy groups -OCH3 is 1. The van der Waals surface area contributed by atoms with Gasteiger partial charge < -0.3 is 15.2 Å². The van der Waals surface area contributed by atoms with Gasteiger partial charge in [0, 0.05) is 23.1 Å². The van der Waals surface area contributed by atoms with E-state index >= 15 is 0 Å². The minimum Gasteiger partial charge on any atom is -0.469 e. The summed E-state index contributed by atoms with van der Waals surface area (Å²) < 4.78 is 5.57. The number of aliphatic hydroxyl groups is 1. The van der Waals surface area contributed by atoms with Gasteiger partial charge in [0.05, 0.1) is 13.2 Å². The van der Waals surface area contributed by atoms with Crippen LogP contribution in [0.4, 0.5) is 5.69 Å². The molecule has 0 heterocycles. The van der Waals surface area contributed by atoms with Crippen molar-refractivity contribution in [2.75, 3.05) is 19.0 Å². The Morgan fingerprint density at radius 1 is 1.56 bits per heavy atom. The van der Waals surface area contributed by atoms with E-state index in [1.807, 2.05) is 25.1 Å². The lowest BCUT2D eigenvalue weighted by Crippen LogP contribution is -2.20. The molecule has 0 radical (unpaired) electrons. The van der Waals surface area contributed by atoms with E-state index in [9.17, 15) is 9.90 Å². The summed E-state index contributed by atoms with van der Waals surface area (Å²) in [6.07, 6.45) is 0.0708. The fourth-order valence-corrected chi connectivity index (χ4v) is 1.73. The number of rotatable bonds is 6. The lowest BCUT2D eigenvalue weighted by molar-refractivity contribution is -0.141. The zero-order valence-electron chi connectivity index (χ0n) is 10.6. The molecule has 0 aromatic heterocycles. The number of hydrogen-bond acceptors (Lipinski definition) is 4. The number of nitrogens with one attached hydrogen (secondary N) is 1. The average Bonchev–Trinajstić information content (AvgIpc) is 2.37. The normalized spacial score (nSPS) is 12.0. The van der Waals surface area contributed by atoms with Crippen molar-refractivity contribution in [1.82, 2.24) is 0 Å². The van der Waals surface area contributed by atoms with Crippen molar-refractivity contribution < 1.29 is 14.6 Å². The number of halogens is 1. The molecule has 0 amide bonds. The Morgan fingerprint density at radius 3 is 2.89 bits per heavy atom. The SMILES string of the molecule is COC(=O)CCC(O)CNc1ccc(Br)c(C)c1. The lowest BCUT2D eigenvalue weighted by Gasteiger charge is -2.13. The molecule has 0 aliphatic heterocycles. The Hall–Kier alpha value is -1.07. The molecule has 1 rings (SSSR count). The van der Waals surface area contributed by atoms with Crippen LogP contribution < -0.4 is 5.32 Å². The van der Waals surface area contributed by atoms with Crippen LogP contribution in [0.25, 0.3) is 0 Å². The van der Waals surface area contributed by atoms with Crippen LogP contribution in [0.3, 0.4) is 0 Å². The van der Waals surface area contributed by atoms with Crippen LogP contribution in [0.1, 0.15) is 18.4 Å². The second-order valence-electron chi connectivity index (χ2n) is 4.11. The molecule has 0 bridgehead atoms. The molecule has 1 atom stereocenters. The Morgan fingerprint density at radius 2 is 2.28 bits per heavy atom. The Bertz CT molecular complexity index is 409. The molecule has 1 unspecified atom stereocenters. The van der Waals surface area contributed by atoms with Gasteiger partial charge in [0.25, 0.3) is 0 Å². The van der Waals surface area contributed by atoms with Gasteiger partial charge in [-0.1, -0.05) is 15.9 Å². The van der Waals surface area contributed by atoms with Gasteiger partial charge >= 0.3 is 5.97 Å². The predicted molar refractivity (Wildman–Crippen MR) is 74.6 cm³/mol. The van der Waals surface area contributed by atoms with Gasteiger partial charge in [0.1, 0.15) is 0 Å². The molecule has 2 N–H and O–H groups in total. The summed E-state index contributed by atoms with van der Waals surface area (Å²) in [6.45, 7) is 2.42. The topological polar surface area (TPSA) is 58.6 Å². The molecule has 0 spiro atoms. The van der Waals surface area contributed by atoms with Crippen molar-refractivity contribution >= 4 is 27.6 Å². The third kappa shape index (κ3) is 5.06. The van der Waals surface area contributed by atoms with Crippen molar-refractivity contribution in [3.63, 3.8) is 0 Å². The highest BCUT2D eigenvalue weighted by Crippen LogP contribution is 2.20. The molecule has 0 aliphatic rings. The molecule has 100 valence electrons. The van der Waals surface area contributed by atoms with Crippen LogP contribution in [-0.2, 0) is 9.53 Å². The number of benzene rings is 1. The van der Waals surface area contributed by atoms with Gasteiger partial charge in [0.15, 0.2) is 0 Å². The van der Waals surface area contributed by atoms with E-state index in [1.54, 1.807) is 0 Å². The molecular formula is C13H18BrNO3. The second kappa shape index (κ2) is 7.38. The number of hydrogen-bond donors (Lipinski definition) is 2. The van der Waals surface area contributed by atoms with E-state index in [1.165, 1.54) is 7.11 Å². The van der Waals surface area contributed by atoms with E-state index < -0.39 is 6.10 Å². The van der Waals surface area contributed by atoms with Gasteiger partial charge in [-0.15, -0.1) is 0 Å². The second-order valence-corrected chi connectivity index (χ2v) is 4.97. The fraction of sp³-hybridized carbons (Fsp3) is 0.462. The van der Waals surface area contributed by atoms with Gasteiger partial charge in [-0.3, -0.25) is 4.79 Å². The molecule has 0 fully saturated rings. The summed E-state index contributed by atoms with van der Waals surface area (Å²) in [6, 6.07) is 5.89. The molecule has 4 nitrogen and oxygen atoms in total. The number of carbonyl (C=O) groups is 1. The minimum atomic E-state index is -0.562. The van der Waals surface area contributed by atoms with Crippen LogP contribution in [0.5, 0.6) is 0 Å². The van der Waals surface area contributed by atoms with Gasteiger partial charge in [-0.25, -0.2) is 0 Å². The number of aliphatic hydroxyl groups excluding tert-OH is 1. The van der Waals surface area contributed by atoms with Crippen LogP contribution >= 0.6 is 15.9 Å². The van der Waals surface area contributed by atoms with Crippen molar-refractivity contribution in [3.05, 3.63) is 28.2 Å². The Labute approximate surface area is 115 Å². The number of ether oxygens (including phenoxy) is 1. The first-order valence-corrected chi connectivity index (χ1v) is 6.57. The summed E-state index contributed by atoms with van der Waals surface area (Å²) in [7, 11) is 1.34. The zero-order valence-corrected chi connectivity index (χ0v) is 12.2. The van der Waals surface area contributed by atoms with Crippen LogP contribution in [0.2, 0.25) is 0 Å². The largest absolute Gasteiger partial charge is 0.469 e. The standard InChI is InChI=1S/C13H18BrNO3/c1-9-7-10(3-5-12(9)14)15-8-11(16)4-6-13(17)18-2/h3,5,7,11,15-16H,4,6,8H2,1-2H3. The number of carbonyl (C=O) groups excluding carboxylic acids is 1. The summed E-state index contributed by atoms with van der Waals surface area (Å²) in [5.74, 6) is -0.298. The van der Waals surface area contributed by atoms with E-state index in [0.717, 1.165) is 15.7 Å². The third-order valence-corrected chi connectivity index (χ3v) is 3.50. The van der Waals surface area contributed by atoms with Gasteiger partial charge in [-0.2, -0.15) is 0 Å². The highest BCUT2D eigenvalue weighted by Gasteiger charge is 2.08. The molecule has 0 aliphatic carbocycles. The lowest BCUT2D eigenvalue weighted by atomic mass is 10.2. The first-order chi connectivity index (χ1) is 8.52. The summed E-state index contributed by atoms with van der Waals surface area (Å²) in [5, 5.41) is 12.8. The maximum atomic E-state index is 10.9. The molecular weight excluding hydrogens is 298 g/mol. The Kier molecular flexibility index (Phi) is 6.15.